The lowest BCUT2D eigenvalue weighted by molar-refractivity contribution is 0.136. The van der Waals surface area contributed by atoms with Gasteiger partial charge in [0.15, 0.2) is 0 Å². The van der Waals surface area contributed by atoms with Crippen LogP contribution in [-0.4, -0.2) is 30.6 Å². The highest BCUT2D eigenvalue weighted by atomic mass is 32.1. The van der Waals surface area contributed by atoms with Gasteiger partial charge in [-0.25, -0.2) is 0 Å². The van der Waals surface area contributed by atoms with E-state index in [1.54, 1.807) is 0 Å². The lowest BCUT2D eigenvalue weighted by Gasteiger charge is -2.36. The minimum atomic E-state index is 0.551. The predicted molar refractivity (Wildman–Crippen MR) is 91.8 cm³/mol. The highest BCUT2D eigenvalue weighted by Gasteiger charge is 2.39. The summed E-state index contributed by atoms with van der Waals surface area (Å²) >= 11 is 1.92. The van der Waals surface area contributed by atoms with Gasteiger partial charge < -0.3 is 5.32 Å². The maximum atomic E-state index is 3.72. The van der Waals surface area contributed by atoms with Crippen molar-refractivity contribution in [2.75, 3.05) is 19.6 Å². The summed E-state index contributed by atoms with van der Waals surface area (Å²) in [5.41, 5.74) is 0.551. The van der Waals surface area contributed by atoms with Gasteiger partial charge >= 0.3 is 0 Å². The number of hydrogen-bond acceptors (Lipinski definition) is 3. The number of rotatable bonds is 9. The lowest BCUT2D eigenvalue weighted by Crippen LogP contribution is -2.43. The maximum Gasteiger partial charge on any atom is 0.0331 e. The Kier molecular flexibility index (Phi) is 5.36. The van der Waals surface area contributed by atoms with Gasteiger partial charge in [0.2, 0.25) is 0 Å². The van der Waals surface area contributed by atoms with E-state index in [1.807, 2.05) is 11.3 Å². The molecule has 0 saturated heterocycles. The van der Waals surface area contributed by atoms with Crippen molar-refractivity contribution in [2.45, 2.75) is 64.5 Å². The van der Waals surface area contributed by atoms with Gasteiger partial charge in [-0.05, 0) is 55.5 Å². The van der Waals surface area contributed by atoms with Crippen LogP contribution in [0.1, 0.15) is 56.7 Å². The van der Waals surface area contributed by atoms with Crippen molar-refractivity contribution in [1.82, 2.24) is 10.2 Å². The van der Waals surface area contributed by atoms with E-state index in [2.05, 4.69) is 34.7 Å². The fourth-order valence-electron chi connectivity index (χ4n) is 3.83. The molecule has 2 fully saturated rings. The van der Waals surface area contributed by atoms with Gasteiger partial charge in [-0.3, -0.25) is 4.90 Å². The SMILES string of the molecule is CCCNCC1(CN(Cc2cccs2)C2CC2)CCCC1. The maximum absolute atomic E-state index is 3.72. The molecule has 0 radical (unpaired) electrons. The molecule has 2 nitrogen and oxygen atoms in total. The molecule has 0 bridgehead atoms. The van der Waals surface area contributed by atoms with E-state index in [-0.39, 0.29) is 0 Å². The molecule has 0 amide bonds. The highest BCUT2D eigenvalue weighted by molar-refractivity contribution is 7.09. The third kappa shape index (κ3) is 4.30. The van der Waals surface area contributed by atoms with Crippen LogP contribution in [0.4, 0.5) is 0 Å². The fraction of sp³-hybridized carbons (Fsp3) is 0.778. The first-order chi connectivity index (χ1) is 10.3. The van der Waals surface area contributed by atoms with Crippen molar-refractivity contribution >= 4 is 11.3 Å². The normalized spacial score (nSPS) is 21.2. The molecule has 3 rings (SSSR count). The number of thiophene rings is 1. The fourth-order valence-corrected chi connectivity index (χ4v) is 4.56. The average molecular weight is 307 g/mol. The van der Waals surface area contributed by atoms with Crippen molar-refractivity contribution in [2.24, 2.45) is 5.41 Å². The second-order valence-electron chi connectivity index (χ2n) is 7.10. The molecule has 0 atom stereocenters. The van der Waals surface area contributed by atoms with E-state index in [9.17, 15) is 0 Å². The van der Waals surface area contributed by atoms with Crippen LogP contribution in [0.2, 0.25) is 0 Å². The quantitative estimate of drug-likeness (QED) is 0.685. The Morgan fingerprint density at radius 3 is 2.76 bits per heavy atom. The monoisotopic (exact) mass is 306 g/mol. The third-order valence-electron chi connectivity index (χ3n) is 5.13. The average Bonchev–Trinajstić information content (AvgIpc) is 3.02. The number of hydrogen-bond donors (Lipinski definition) is 1. The van der Waals surface area contributed by atoms with E-state index in [1.165, 1.54) is 76.0 Å². The molecule has 0 aromatic carbocycles. The van der Waals surface area contributed by atoms with Gasteiger partial charge in [-0.15, -0.1) is 11.3 Å². The van der Waals surface area contributed by atoms with Gasteiger partial charge in [0.05, 0.1) is 0 Å². The van der Waals surface area contributed by atoms with Crippen LogP contribution in [0.5, 0.6) is 0 Å². The first-order valence-corrected chi connectivity index (χ1v) is 9.66. The van der Waals surface area contributed by atoms with E-state index < -0.39 is 0 Å². The van der Waals surface area contributed by atoms with Gasteiger partial charge in [0.25, 0.3) is 0 Å². The van der Waals surface area contributed by atoms with E-state index in [4.69, 9.17) is 0 Å². The third-order valence-corrected chi connectivity index (χ3v) is 5.99. The van der Waals surface area contributed by atoms with E-state index in [0.717, 1.165) is 6.04 Å². The second-order valence-corrected chi connectivity index (χ2v) is 8.13. The highest BCUT2D eigenvalue weighted by Crippen LogP contribution is 2.41. The van der Waals surface area contributed by atoms with Crippen molar-refractivity contribution in [3.05, 3.63) is 22.4 Å². The molecule has 0 aliphatic heterocycles. The van der Waals surface area contributed by atoms with Crippen LogP contribution >= 0.6 is 11.3 Å². The van der Waals surface area contributed by atoms with Crippen LogP contribution in [0.15, 0.2) is 17.5 Å². The number of nitrogens with zero attached hydrogens (tertiary/aromatic N) is 1. The zero-order chi connectivity index (χ0) is 14.5. The van der Waals surface area contributed by atoms with Gasteiger partial charge in [-0.1, -0.05) is 25.8 Å². The molecule has 2 aliphatic carbocycles. The summed E-state index contributed by atoms with van der Waals surface area (Å²) in [7, 11) is 0. The van der Waals surface area contributed by atoms with Crippen molar-refractivity contribution in [1.29, 1.82) is 0 Å². The van der Waals surface area contributed by atoms with Gasteiger partial charge in [-0.2, -0.15) is 0 Å². The van der Waals surface area contributed by atoms with Gasteiger partial charge in [0.1, 0.15) is 0 Å². The minimum Gasteiger partial charge on any atom is -0.316 e. The molecule has 1 aromatic heterocycles. The molecule has 0 spiro atoms. The molecular formula is C18H30N2S. The molecule has 21 heavy (non-hydrogen) atoms. The zero-order valence-electron chi connectivity index (χ0n) is 13.4. The topological polar surface area (TPSA) is 15.3 Å². The summed E-state index contributed by atoms with van der Waals surface area (Å²) in [5, 5.41) is 5.93. The molecule has 1 heterocycles. The summed E-state index contributed by atoms with van der Waals surface area (Å²) < 4.78 is 0. The van der Waals surface area contributed by atoms with E-state index >= 15 is 0 Å². The Labute approximate surface area is 133 Å². The Hall–Kier alpha value is -0.380. The molecule has 1 aromatic rings. The van der Waals surface area contributed by atoms with Crippen molar-refractivity contribution in [3.8, 4) is 0 Å². The smallest absolute Gasteiger partial charge is 0.0331 e. The van der Waals surface area contributed by atoms with Crippen LogP contribution < -0.4 is 5.32 Å². The summed E-state index contributed by atoms with van der Waals surface area (Å²) in [6.45, 7) is 7.16. The first-order valence-electron chi connectivity index (χ1n) is 8.78. The lowest BCUT2D eigenvalue weighted by atomic mass is 9.85. The van der Waals surface area contributed by atoms with Crippen LogP contribution in [0, 0.1) is 5.41 Å². The van der Waals surface area contributed by atoms with Crippen LogP contribution in [0.3, 0.4) is 0 Å². The largest absolute Gasteiger partial charge is 0.316 e. The Morgan fingerprint density at radius 2 is 2.14 bits per heavy atom. The van der Waals surface area contributed by atoms with Crippen molar-refractivity contribution < 1.29 is 0 Å². The molecule has 0 unspecified atom stereocenters. The predicted octanol–water partition coefficient (Wildman–Crippen LogP) is 4.27. The van der Waals surface area contributed by atoms with Gasteiger partial charge in [0, 0.05) is 30.6 Å². The molecular weight excluding hydrogens is 276 g/mol. The summed E-state index contributed by atoms with van der Waals surface area (Å²) in [6.07, 6.45) is 9.82. The zero-order valence-corrected chi connectivity index (χ0v) is 14.3. The molecule has 1 N–H and O–H groups in total. The molecule has 2 saturated carbocycles. The number of nitrogens with one attached hydrogen (secondary N) is 1. The molecule has 3 heteroatoms. The summed E-state index contributed by atoms with van der Waals surface area (Å²) in [4.78, 5) is 4.33. The molecule has 118 valence electrons. The van der Waals surface area contributed by atoms with Crippen molar-refractivity contribution in [3.63, 3.8) is 0 Å². The van der Waals surface area contributed by atoms with Crippen LogP contribution in [0.25, 0.3) is 0 Å². The minimum absolute atomic E-state index is 0.551. The van der Waals surface area contributed by atoms with Crippen LogP contribution in [-0.2, 0) is 6.54 Å². The standard InChI is InChI=1S/C18H30N2S/c1-2-11-19-14-18(9-3-4-10-18)15-20(16-7-8-16)13-17-6-5-12-21-17/h5-6,12,16,19H,2-4,7-11,13-15H2,1H3. The van der Waals surface area contributed by atoms with E-state index in [0.29, 0.717) is 5.41 Å². The first kappa shape index (κ1) is 15.5. The Morgan fingerprint density at radius 1 is 1.33 bits per heavy atom. The second kappa shape index (κ2) is 7.26. The Balaban J connectivity index is 1.61. The summed E-state index contributed by atoms with van der Waals surface area (Å²) in [5.74, 6) is 0. The molecule has 2 aliphatic rings. The Bertz CT molecular complexity index is 405. The summed E-state index contributed by atoms with van der Waals surface area (Å²) in [6, 6.07) is 5.37.